The number of halogens is 4. The van der Waals surface area contributed by atoms with Crippen LogP contribution in [0.2, 0.25) is 0 Å². The fraction of sp³-hybridized carbons (Fsp3) is 0.600. The topological polar surface area (TPSA) is 206 Å². The van der Waals surface area contributed by atoms with Crippen molar-refractivity contribution in [2.75, 3.05) is 13.7 Å². The van der Waals surface area contributed by atoms with Crippen LogP contribution in [0.25, 0.3) is 11.0 Å². The minimum absolute atomic E-state index is 0.0167. The number of carbonyl (C=O) groups excluding carboxylic acids is 3. The number of methoxy groups -OCH3 is 1. The van der Waals surface area contributed by atoms with Crippen molar-refractivity contribution in [3.8, 4) is 11.6 Å². The highest BCUT2D eigenvalue weighted by Crippen LogP contribution is 2.48. The van der Waals surface area contributed by atoms with Gasteiger partial charge in [0.25, 0.3) is 5.91 Å². The maximum absolute atomic E-state index is 14.4. The monoisotopic (exact) mass is 798 g/mol. The Balaban J connectivity index is 1.37. The van der Waals surface area contributed by atoms with E-state index in [4.69, 9.17) is 9.47 Å². The smallest absolute Gasteiger partial charge is 0.438 e. The van der Waals surface area contributed by atoms with E-state index >= 15 is 0 Å². The third-order valence-corrected chi connectivity index (χ3v) is 13.1. The Morgan fingerprint density at radius 3 is 2.44 bits per heavy atom. The fourth-order valence-corrected chi connectivity index (χ4v) is 8.67. The second-order valence-electron chi connectivity index (χ2n) is 15.2. The first-order chi connectivity index (χ1) is 25.7. The summed E-state index contributed by atoms with van der Waals surface area (Å²) in [5.74, 6) is -6.36. The molecule has 0 bridgehead atoms. The van der Waals surface area contributed by atoms with E-state index in [9.17, 15) is 50.3 Å². The fourth-order valence-electron chi connectivity index (χ4n) is 7.35. The van der Waals surface area contributed by atoms with Gasteiger partial charge in [0.1, 0.15) is 23.7 Å². The van der Waals surface area contributed by atoms with Crippen molar-refractivity contribution >= 4 is 44.9 Å². The van der Waals surface area contributed by atoms with Gasteiger partial charge in [-0.25, -0.2) is 27.6 Å². The van der Waals surface area contributed by atoms with Crippen LogP contribution in [-0.4, -0.2) is 94.3 Å². The Hall–Kier alpha value is -4.75. The summed E-state index contributed by atoms with van der Waals surface area (Å²) in [6.07, 6.45) is -2.69. The molecule has 6 rings (SSSR count). The summed E-state index contributed by atoms with van der Waals surface area (Å²) >= 11 is 0. The van der Waals surface area contributed by atoms with Crippen molar-refractivity contribution in [3.05, 3.63) is 35.8 Å². The lowest BCUT2D eigenvalue weighted by molar-refractivity contribution is -0.143. The molecule has 2 aliphatic carbocycles. The quantitative estimate of drug-likeness (QED) is 0.235. The van der Waals surface area contributed by atoms with Crippen LogP contribution in [0.1, 0.15) is 71.4 Å². The summed E-state index contributed by atoms with van der Waals surface area (Å²) in [5.41, 5.74) is -4.01. The SMILES string of the molecule is COc1cc2nc(O[C@@H]3C[C@H]4C(=O)N[C@]5(C(=O)NS(=O)(=O)C6(C)CC6)C[C@H]5C=CCC[C@H](C)C[C@@H](C)[C@H](NC(=O)O)C(=O)N4C3)c(C(F)(F)F)nc2cc1F. The lowest BCUT2D eigenvalue weighted by Crippen LogP contribution is -2.59. The van der Waals surface area contributed by atoms with Crippen LogP contribution in [0.3, 0.4) is 0 Å². The first kappa shape index (κ1) is 39.9. The number of nitrogens with zero attached hydrogens (tertiary/aromatic N) is 3. The lowest BCUT2D eigenvalue weighted by atomic mass is 9.88. The number of alkyl halides is 3. The number of amides is 4. The Kier molecular flexibility index (Phi) is 10.4. The van der Waals surface area contributed by atoms with Gasteiger partial charge in [-0.1, -0.05) is 26.0 Å². The number of fused-ring (bicyclic) bond motifs is 3. The van der Waals surface area contributed by atoms with Crippen molar-refractivity contribution in [2.24, 2.45) is 17.8 Å². The van der Waals surface area contributed by atoms with Gasteiger partial charge in [0.05, 0.1) is 29.4 Å². The first-order valence-corrected chi connectivity index (χ1v) is 19.3. The molecule has 2 aromatic rings. The number of ether oxygens (including phenoxy) is 2. The molecule has 1 saturated heterocycles. The van der Waals surface area contributed by atoms with Gasteiger partial charge in [-0.05, 0) is 57.3 Å². The molecule has 55 heavy (non-hydrogen) atoms. The molecule has 2 aliphatic heterocycles. The number of hydrogen-bond donors (Lipinski definition) is 4. The largest absolute Gasteiger partial charge is 0.494 e. The number of carbonyl (C=O) groups is 4. The molecule has 4 N–H and O–H groups in total. The number of allylic oxidation sites excluding steroid dienone is 1. The third-order valence-electron chi connectivity index (χ3n) is 11.0. The van der Waals surface area contributed by atoms with Gasteiger partial charge in [-0.2, -0.15) is 13.2 Å². The average Bonchev–Trinajstić information content (AvgIpc) is 3.97. The second-order valence-corrected chi connectivity index (χ2v) is 17.4. The summed E-state index contributed by atoms with van der Waals surface area (Å²) in [6, 6.07) is -1.16. The average molecular weight is 799 g/mol. The molecular formula is C35H42F4N6O9S. The van der Waals surface area contributed by atoms with Crippen LogP contribution in [0.4, 0.5) is 22.4 Å². The van der Waals surface area contributed by atoms with Gasteiger partial charge < -0.3 is 30.1 Å². The zero-order valence-electron chi connectivity index (χ0n) is 30.4. The number of nitrogens with one attached hydrogen (secondary N) is 3. The summed E-state index contributed by atoms with van der Waals surface area (Å²) in [5, 5.41) is 14.6. The summed E-state index contributed by atoms with van der Waals surface area (Å²) in [6.45, 7) is 4.55. The molecule has 2 saturated carbocycles. The molecule has 4 amide bonds. The zero-order chi connectivity index (χ0) is 40.2. The predicted molar refractivity (Wildman–Crippen MR) is 186 cm³/mol. The molecule has 20 heteroatoms. The van der Waals surface area contributed by atoms with Crippen molar-refractivity contribution in [2.45, 2.75) is 100 Å². The molecule has 3 heterocycles. The minimum Gasteiger partial charge on any atom is -0.494 e. The summed E-state index contributed by atoms with van der Waals surface area (Å²) in [4.78, 5) is 62.8. The highest BCUT2D eigenvalue weighted by molar-refractivity contribution is 7.91. The molecule has 0 unspecified atom stereocenters. The van der Waals surface area contributed by atoms with Crippen LogP contribution in [0.5, 0.6) is 11.6 Å². The Morgan fingerprint density at radius 2 is 1.80 bits per heavy atom. The highest BCUT2D eigenvalue weighted by Gasteiger charge is 2.63. The van der Waals surface area contributed by atoms with Crippen LogP contribution in [0.15, 0.2) is 24.3 Å². The number of benzene rings is 1. The van der Waals surface area contributed by atoms with Crippen molar-refractivity contribution in [1.82, 2.24) is 30.2 Å². The Labute approximate surface area is 313 Å². The molecule has 0 spiro atoms. The van der Waals surface area contributed by atoms with Gasteiger partial charge in [0.15, 0.2) is 11.6 Å². The van der Waals surface area contributed by atoms with E-state index < -0.39 is 116 Å². The van der Waals surface area contributed by atoms with E-state index in [1.807, 2.05) is 13.0 Å². The summed E-state index contributed by atoms with van der Waals surface area (Å²) < 4.78 is 95.1. The van der Waals surface area contributed by atoms with Crippen LogP contribution >= 0.6 is 0 Å². The predicted octanol–water partition coefficient (Wildman–Crippen LogP) is 3.67. The Morgan fingerprint density at radius 1 is 1.11 bits per heavy atom. The van der Waals surface area contributed by atoms with Crippen LogP contribution in [-0.2, 0) is 30.6 Å². The van der Waals surface area contributed by atoms with E-state index in [1.54, 1.807) is 13.0 Å². The van der Waals surface area contributed by atoms with E-state index in [1.165, 1.54) is 6.92 Å². The maximum atomic E-state index is 14.4. The van der Waals surface area contributed by atoms with E-state index in [0.29, 0.717) is 32.1 Å². The first-order valence-electron chi connectivity index (χ1n) is 17.8. The lowest BCUT2D eigenvalue weighted by Gasteiger charge is -2.32. The van der Waals surface area contributed by atoms with Gasteiger partial charge >= 0.3 is 12.3 Å². The second kappa shape index (κ2) is 14.4. The third kappa shape index (κ3) is 8.00. The molecule has 1 aromatic heterocycles. The molecule has 4 aliphatic rings. The summed E-state index contributed by atoms with van der Waals surface area (Å²) in [7, 11) is -2.98. The van der Waals surface area contributed by atoms with Gasteiger partial charge in [-0.3, -0.25) is 19.1 Å². The Bertz CT molecular complexity index is 2050. The molecule has 3 fully saturated rings. The number of rotatable bonds is 7. The molecular weight excluding hydrogens is 756 g/mol. The number of hydrogen-bond acceptors (Lipinski definition) is 10. The van der Waals surface area contributed by atoms with E-state index in [0.717, 1.165) is 24.1 Å². The standard InChI is InChI=1S/C35H42F4N6O9S/c1-17-7-5-6-8-19-15-34(19,31(48)44-55(51,52)33(3)9-10-33)43-28(46)24-12-20(16-45(24)30(47)26(18(2)11-17)42-32(49)50)54-29-27(35(37,38)39)40-22-13-21(36)25(53-4)14-23(22)41-29/h6,8,13-14,17-20,24,26,42H,5,7,9-12,15-16H2,1-4H3,(H,43,46)(H,44,48)(H,49,50)/t17-,18+,19+,20+,24-,26-,34+/m0/s1. The highest BCUT2D eigenvalue weighted by atomic mass is 32.2. The van der Waals surface area contributed by atoms with E-state index in [2.05, 4.69) is 25.3 Å². The number of aromatic nitrogens is 2. The zero-order valence-corrected chi connectivity index (χ0v) is 31.2. The molecule has 0 radical (unpaired) electrons. The van der Waals surface area contributed by atoms with Crippen molar-refractivity contribution in [1.29, 1.82) is 0 Å². The van der Waals surface area contributed by atoms with E-state index in [-0.39, 0.29) is 23.6 Å². The van der Waals surface area contributed by atoms with Gasteiger partial charge in [-0.15, -0.1) is 0 Å². The number of carboxylic acid groups (broad SMARTS) is 1. The van der Waals surface area contributed by atoms with Crippen LogP contribution < -0.4 is 24.8 Å². The van der Waals surface area contributed by atoms with Gasteiger partial charge in [0.2, 0.25) is 33.4 Å². The molecule has 15 nitrogen and oxygen atoms in total. The number of sulfonamides is 1. The maximum Gasteiger partial charge on any atom is 0.438 e. The molecule has 300 valence electrons. The normalized spacial score (nSPS) is 29.6. The molecule has 7 atom stereocenters. The van der Waals surface area contributed by atoms with Gasteiger partial charge in [0, 0.05) is 24.5 Å². The van der Waals surface area contributed by atoms with Crippen molar-refractivity contribution < 1.29 is 59.7 Å². The molecule has 1 aromatic carbocycles. The minimum atomic E-state index is -5.14. The van der Waals surface area contributed by atoms with Crippen molar-refractivity contribution in [3.63, 3.8) is 0 Å². The van der Waals surface area contributed by atoms with Crippen LogP contribution in [0, 0.1) is 23.6 Å².